The van der Waals surface area contributed by atoms with E-state index in [1.165, 1.54) is 6.07 Å². The van der Waals surface area contributed by atoms with Crippen molar-refractivity contribution in [3.8, 4) is 0 Å². The highest BCUT2D eigenvalue weighted by Crippen LogP contribution is 2.39. The van der Waals surface area contributed by atoms with Crippen LogP contribution in [0.15, 0.2) is 42.5 Å². The first-order chi connectivity index (χ1) is 13.2. The van der Waals surface area contributed by atoms with Crippen molar-refractivity contribution >= 4 is 17.6 Å². The number of rotatable bonds is 4. The Labute approximate surface area is 166 Å². The van der Waals surface area contributed by atoms with Crippen molar-refractivity contribution in [2.45, 2.75) is 32.0 Å². The lowest BCUT2D eigenvalue weighted by molar-refractivity contribution is -0.143. The number of hydrogen-bond acceptors (Lipinski definition) is 2. The molecule has 1 saturated heterocycles. The number of alkyl halides is 3. The quantitative estimate of drug-likeness (QED) is 0.716. The Bertz CT molecular complexity index is 869. The lowest BCUT2D eigenvalue weighted by Crippen LogP contribution is -2.41. The predicted molar refractivity (Wildman–Crippen MR) is 101 cm³/mol. The standard InChI is InChI=1S/C21H21ClF3NO2/c1-13-4-2-5-14(10-13)19(26-9-3-6-15(12-26)20(27)28)17-11-16(21(23,24)25)7-8-18(17)22/h2,4-5,7-8,10-11,15,19H,3,6,9,12H2,1H3,(H,27,28). The molecular weight excluding hydrogens is 391 g/mol. The first-order valence-electron chi connectivity index (χ1n) is 9.07. The van der Waals surface area contributed by atoms with E-state index in [9.17, 15) is 23.1 Å². The Morgan fingerprint density at radius 1 is 1.25 bits per heavy atom. The van der Waals surface area contributed by atoms with Gasteiger partial charge in [0.1, 0.15) is 0 Å². The minimum absolute atomic E-state index is 0.233. The normalized spacial score (nSPS) is 19.4. The van der Waals surface area contributed by atoms with E-state index in [2.05, 4.69) is 0 Å². The number of benzene rings is 2. The van der Waals surface area contributed by atoms with Crippen molar-refractivity contribution in [1.29, 1.82) is 0 Å². The number of carboxylic acids is 1. The summed E-state index contributed by atoms with van der Waals surface area (Å²) in [6, 6.07) is 10.3. The molecule has 2 unspecified atom stereocenters. The molecule has 2 atom stereocenters. The van der Waals surface area contributed by atoms with Crippen LogP contribution < -0.4 is 0 Å². The number of hydrogen-bond donors (Lipinski definition) is 1. The second kappa shape index (κ2) is 8.13. The van der Waals surface area contributed by atoms with E-state index < -0.39 is 29.7 Å². The number of carboxylic acid groups (broad SMARTS) is 1. The van der Waals surface area contributed by atoms with Crippen molar-refractivity contribution in [1.82, 2.24) is 4.90 Å². The molecule has 0 aliphatic carbocycles. The maximum absolute atomic E-state index is 13.3. The third-order valence-electron chi connectivity index (χ3n) is 5.14. The van der Waals surface area contributed by atoms with Gasteiger partial charge < -0.3 is 5.11 Å². The molecule has 3 nitrogen and oxygen atoms in total. The predicted octanol–water partition coefficient (Wildman–Crippen LogP) is 5.55. The third kappa shape index (κ3) is 4.50. The number of halogens is 4. The lowest BCUT2D eigenvalue weighted by Gasteiger charge is -2.38. The zero-order valence-electron chi connectivity index (χ0n) is 15.3. The molecule has 2 aromatic rings. The van der Waals surface area contributed by atoms with Crippen LogP contribution in [0.4, 0.5) is 13.2 Å². The van der Waals surface area contributed by atoms with Crippen molar-refractivity contribution in [3.63, 3.8) is 0 Å². The van der Waals surface area contributed by atoms with Gasteiger partial charge in [0.25, 0.3) is 0 Å². The topological polar surface area (TPSA) is 40.5 Å². The molecule has 0 spiro atoms. The fourth-order valence-corrected chi connectivity index (χ4v) is 4.02. The van der Waals surface area contributed by atoms with Gasteiger partial charge in [-0.3, -0.25) is 9.69 Å². The first-order valence-corrected chi connectivity index (χ1v) is 9.44. The Hall–Kier alpha value is -2.05. The summed E-state index contributed by atoms with van der Waals surface area (Å²) < 4.78 is 39.9. The molecule has 3 rings (SSSR count). The molecule has 0 amide bonds. The molecule has 150 valence electrons. The molecule has 28 heavy (non-hydrogen) atoms. The summed E-state index contributed by atoms with van der Waals surface area (Å²) in [4.78, 5) is 13.4. The summed E-state index contributed by atoms with van der Waals surface area (Å²) >= 11 is 6.34. The monoisotopic (exact) mass is 411 g/mol. The van der Waals surface area contributed by atoms with Gasteiger partial charge in [0, 0.05) is 11.6 Å². The van der Waals surface area contributed by atoms with Gasteiger partial charge >= 0.3 is 12.1 Å². The van der Waals surface area contributed by atoms with Crippen molar-refractivity contribution < 1.29 is 23.1 Å². The van der Waals surface area contributed by atoms with Gasteiger partial charge in [0.2, 0.25) is 0 Å². The summed E-state index contributed by atoms with van der Waals surface area (Å²) in [5.41, 5.74) is 1.34. The zero-order valence-corrected chi connectivity index (χ0v) is 16.1. The van der Waals surface area contributed by atoms with E-state index in [0.29, 0.717) is 24.9 Å². The van der Waals surface area contributed by atoms with E-state index >= 15 is 0 Å². The highest BCUT2D eigenvalue weighted by atomic mass is 35.5. The summed E-state index contributed by atoms with van der Waals surface area (Å²) in [5, 5.41) is 9.66. The van der Waals surface area contributed by atoms with Gasteiger partial charge in [-0.05, 0) is 55.6 Å². The lowest BCUT2D eigenvalue weighted by atomic mass is 9.90. The van der Waals surface area contributed by atoms with Gasteiger partial charge in [-0.1, -0.05) is 41.4 Å². The molecule has 1 N–H and O–H groups in total. The molecule has 1 heterocycles. The van der Waals surface area contributed by atoms with Crippen molar-refractivity contribution in [2.24, 2.45) is 5.92 Å². The van der Waals surface area contributed by atoms with Crippen LogP contribution >= 0.6 is 11.6 Å². The maximum atomic E-state index is 13.3. The number of aliphatic carboxylic acids is 1. The van der Waals surface area contributed by atoms with Crippen LogP contribution in [0.5, 0.6) is 0 Å². The summed E-state index contributed by atoms with van der Waals surface area (Å²) in [7, 11) is 0. The van der Waals surface area contributed by atoms with Gasteiger partial charge in [-0.2, -0.15) is 13.2 Å². The van der Waals surface area contributed by atoms with E-state index in [1.54, 1.807) is 0 Å². The number of carbonyl (C=O) groups is 1. The van der Waals surface area contributed by atoms with E-state index in [1.807, 2.05) is 36.1 Å². The number of aryl methyl sites for hydroxylation is 1. The smallest absolute Gasteiger partial charge is 0.416 e. The molecule has 0 radical (unpaired) electrons. The van der Waals surface area contributed by atoms with E-state index in [-0.39, 0.29) is 11.6 Å². The molecule has 1 fully saturated rings. The Morgan fingerprint density at radius 3 is 2.64 bits per heavy atom. The average Bonchev–Trinajstić information content (AvgIpc) is 2.63. The average molecular weight is 412 g/mol. The molecule has 2 aromatic carbocycles. The van der Waals surface area contributed by atoms with Crippen LogP contribution in [0.2, 0.25) is 5.02 Å². The number of piperidine rings is 1. The SMILES string of the molecule is Cc1cccc(C(c2cc(C(F)(F)F)ccc2Cl)N2CCCC(C(=O)O)C2)c1. The molecule has 0 saturated carbocycles. The van der Waals surface area contributed by atoms with Crippen LogP contribution in [0.1, 0.15) is 41.1 Å². The third-order valence-corrected chi connectivity index (χ3v) is 5.49. The van der Waals surface area contributed by atoms with Crippen LogP contribution in [0.3, 0.4) is 0 Å². The second-order valence-corrected chi connectivity index (χ2v) is 7.63. The van der Waals surface area contributed by atoms with Gasteiger partial charge in [0.15, 0.2) is 0 Å². The Morgan fingerprint density at radius 2 is 2.00 bits per heavy atom. The van der Waals surface area contributed by atoms with Crippen LogP contribution in [-0.4, -0.2) is 29.1 Å². The molecule has 0 bridgehead atoms. The fraction of sp³-hybridized carbons (Fsp3) is 0.381. The second-order valence-electron chi connectivity index (χ2n) is 7.22. The molecule has 7 heteroatoms. The molecule has 0 aromatic heterocycles. The number of nitrogens with zero attached hydrogens (tertiary/aromatic N) is 1. The Kier molecular flexibility index (Phi) is 6.01. The summed E-state index contributed by atoms with van der Waals surface area (Å²) in [6.45, 7) is 2.76. The van der Waals surface area contributed by atoms with Gasteiger partial charge in [-0.15, -0.1) is 0 Å². The van der Waals surface area contributed by atoms with Crippen molar-refractivity contribution in [2.75, 3.05) is 13.1 Å². The largest absolute Gasteiger partial charge is 0.481 e. The summed E-state index contributed by atoms with van der Waals surface area (Å²) in [6.07, 6.45) is -3.26. The van der Waals surface area contributed by atoms with Gasteiger partial charge in [-0.25, -0.2) is 0 Å². The highest BCUT2D eigenvalue weighted by Gasteiger charge is 2.35. The van der Waals surface area contributed by atoms with Crippen LogP contribution in [0, 0.1) is 12.8 Å². The van der Waals surface area contributed by atoms with Crippen molar-refractivity contribution in [3.05, 3.63) is 69.7 Å². The van der Waals surface area contributed by atoms with Gasteiger partial charge in [0.05, 0.1) is 17.5 Å². The first kappa shape index (κ1) is 20.7. The van der Waals surface area contributed by atoms with Crippen LogP contribution in [0.25, 0.3) is 0 Å². The Balaban J connectivity index is 2.11. The fourth-order valence-electron chi connectivity index (χ4n) is 3.80. The molecule has 1 aliphatic heterocycles. The molecule has 1 aliphatic rings. The van der Waals surface area contributed by atoms with E-state index in [0.717, 1.165) is 23.3 Å². The van der Waals surface area contributed by atoms with E-state index in [4.69, 9.17) is 11.6 Å². The number of likely N-dealkylation sites (tertiary alicyclic amines) is 1. The maximum Gasteiger partial charge on any atom is 0.416 e. The molecular formula is C21H21ClF3NO2. The minimum Gasteiger partial charge on any atom is -0.481 e. The van der Waals surface area contributed by atoms with Crippen LogP contribution in [-0.2, 0) is 11.0 Å². The summed E-state index contributed by atoms with van der Waals surface area (Å²) in [5.74, 6) is -1.44. The zero-order chi connectivity index (χ0) is 20.5. The minimum atomic E-state index is -4.48. The highest BCUT2D eigenvalue weighted by molar-refractivity contribution is 6.31.